The van der Waals surface area contributed by atoms with Crippen molar-refractivity contribution < 1.29 is 14.3 Å². The molecule has 0 aliphatic carbocycles. The molecule has 2 aromatic rings. The molecule has 1 aromatic heterocycles. The molecule has 0 fully saturated rings. The SMILES string of the molecule is CCOC(=O)C(CC)Oc1cc(C)c2nc(C)[nH]c2c1. The van der Waals surface area contributed by atoms with Crippen LogP contribution in [-0.4, -0.2) is 28.6 Å². The third-order valence-corrected chi connectivity index (χ3v) is 3.07. The molecule has 5 heteroatoms. The first kappa shape index (κ1) is 14.4. The molecule has 108 valence electrons. The smallest absolute Gasteiger partial charge is 0.347 e. The van der Waals surface area contributed by atoms with E-state index >= 15 is 0 Å². The van der Waals surface area contributed by atoms with E-state index in [0.717, 1.165) is 22.4 Å². The van der Waals surface area contributed by atoms with Gasteiger partial charge in [0.05, 0.1) is 17.6 Å². The van der Waals surface area contributed by atoms with Crippen molar-refractivity contribution in [3.8, 4) is 5.75 Å². The van der Waals surface area contributed by atoms with Gasteiger partial charge in [-0.3, -0.25) is 0 Å². The molecule has 1 atom stereocenters. The van der Waals surface area contributed by atoms with Gasteiger partial charge in [-0.1, -0.05) is 6.92 Å². The third kappa shape index (κ3) is 2.92. The molecule has 20 heavy (non-hydrogen) atoms. The van der Waals surface area contributed by atoms with E-state index in [-0.39, 0.29) is 5.97 Å². The second-order valence-corrected chi connectivity index (χ2v) is 4.73. The molecule has 0 saturated carbocycles. The zero-order chi connectivity index (χ0) is 14.7. The van der Waals surface area contributed by atoms with Gasteiger partial charge < -0.3 is 14.5 Å². The first-order valence-electron chi connectivity index (χ1n) is 6.85. The van der Waals surface area contributed by atoms with Crippen LogP contribution in [-0.2, 0) is 9.53 Å². The first-order valence-corrected chi connectivity index (χ1v) is 6.85. The van der Waals surface area contributed by atoms with Crippen LogP contribution in [0.2, 0.25) is 0 Å². The fourth-order valence-corrected chi connectivity index (χ4v) is 2.15. The van der Waals surface area contributed by atoms with Gasteiger partial charge in [0.15, 0.2) is 6.10 Å². The number of hydrogen-bond acceptors (Lipinski definition) is 4. The number of hydrogen-bond donors (Lipinski definition) is 1. The summed E-state index contributed by atoms with van der Waals surface area (Å²) in [4.78, 5) is 19.4. The number of aromatic nitrogens is 2. The molecule has 1 N–H and O–H groups in total. The van der Waals surface area contributed by atoms with Crippen molar-refractivity contribution in [1.82, 2.24) is 9.97 Å². The highest BCUT2D eigenvalue weighted by Gasteiger charge is 2.20. The number of rotatable bonds is 5. The number of ether oxygens (including phenoxy) is 2. The Balaban J connectivity index is 2.26. The van der Waals surface area contributed by atoms with E-state index < -0.39 is 6.10 Å². The number of nitrogens with one attached hydrogen (secondary N) is 1. The topological polar surface area (TPSA) is 64.2 Å². The van der Waals surface area contributed by atoms with Crippen LogP contribution >= 0.6 is 0 Å². The zero-order valence-corrected chi connectivity index (χ0v) is 12.3. The standard InChI is InChI=1S/C15H20N2O3/c1-5-13(15(18)19-6-2)20-11-7-9(3)14-12(8-11)16-10(4)17-14/h7-8,13H,5-6H2,1-4H3,(H,16,17). The van der Waals surface area contributed by atoms with Crippen molar-refractivity contribution in [1.29, 1.82) is 0 Å². The molecule has 1 heterocycles. The van der Waals surface area contributed by atoms with Gasteiger partial charge in [-0.25, -0.2) is 9.78 Å². The number of fused-ring (bicyclic) bond motifs is 1. The highest BCUT2D eigenvalue weighted by molar-refractivity contribution is 5.81. The summed E-state index contributed by atoms with van der Waals surface area (Å²) in [5.41, 5.74) is 2.86. The lowest BCUT2D eigenvalue weighted by molar-refractivity contribution is -0.151. The fraction of sp³-hybridized carbons (Fsp3) is 0.467. The molecule has 0 bridgehead atoms. The summed E-state index contributed by atoms with van der Waals surface area (Å²) in [7, 11) is 0. The molecule has 5 nitrogen and oxygen atoms in total. The Bertz CT molecular complexity index is 619. The summed E-state index contributed by atoms with van der Waals surface area (Å²) < 4.78 is 10.8. The van der Waals surface area contributed by atoms with E-state index in [1.54, 1.807) is 6.92 Å². The minimum Gasteiger partial charge on any atom is -0.479 e. The average Bonchev–Trinajstić information content (AvgIpc) is 2.77. The summed E-state index contributed by atoms with van der Waals surface area (Å²) in [6.07, 6.45) is -0.00593. The van der Waals surface area contributed by atoms with Crippen molar-refractivity contribution in [2.45, 2.75) is 40.2 Å². The van der Waals surface area contributed by atoms with Crippen LogP contribution in [0.25, 0.3) is 11.0 Å². The Morgan fingerprint density at radius 2 is 2.10 bits per heavy atom. The van der Waals surface area contributed by atoms with Crippen LogP contribution in [0, 0.1) is 13.8 Å². The number of benzene rings is 1. The van der Waals surface area contributed by atoms with Gasteiger partial charge in [0, 0.05) is 6.07 Å². The maximum atomic E-state index is 11.8. The molecule has 0 saturated heterocycles. The average molecular weight is 276 g/mol. The monoisotopic (exact) mass is 276 g/mol. The molecule has 0 aliphatic rings. The Hall–Kier alpha value is -2.04. The lowest BCUT2D eigenvalue weighted by Gasteiger charge is -2.16. The predicted molar refractivity (Wildman–Crippen MR) is 76.9 cm³/mol. The van der Waals surface area contributed by atoms with E-state index in [0.29, 0.717) is 18.8 Å². The van der Waals surface area contributed by atoms with Crippen molar-refractivity contribution >= 4 is 17.0 Å². The summed E-state index contributed by atoms with van der Waals surface area (Å²) in [6, 6.07) is 3.76. The molecule has 2 rings (SSSR count). The van der Waals surface area contributed by atoms with Crippen LogP contribution in [0.15, 0.2) is 12.1 Å². The number of aryl methyl sites for hydroxylation is 2. The largest absolute Gasteiger partial charge is 0.479 e. The normalized spacial score (nSPS) is 12.4. The number of carbonyl (C=O) groups excluding carboxylic acids is 1. The summed E-state index contributed by atoms with van der Waals surface area (Å²) in [5, 5.41) is 0. The maximum Gasteiger partial charge on any atom is 0.347 e. The molecule has 0 amide bonds. The minimum atomic E-state index is -0.573. The molecular weight excluding hydrogens is 256 g/mol. The first-order chi connectivity index (χ1) is 9.55. The number of aromatic amines is 1. The number of imidazole rings is 1. The fourth-order valence-electron chi connectivity index (χ4n) is 2.15. The predicted octanol–water partition coefficient (Wildman–Crippen LogP) is 2.90. The van der Waals surface area contributed by atoms with Gasteiger partial charge in [0.1, 0.15) is 11.6 Å². The third-order valence-electron chi connectivity index (χ3n) is 3.07. The van der Waals surface area contributed by atoms with E-state index in [1.165, 1.54) is 0 Å². The Kier molecular flexibility index (Phi) is 4.27. The van der Waals surface area contributed by atoms with E-state index in [1.807, 2.05) is 32.9 Å². The molecule has 1 aromatic carbocycles. The summed E-state index contributed by atoms with van der Waals surface area (Å²) in [5.74, 6) is 1.18. The number of esters is 1. The number of nitrogens with zero attached hydrogens (tertiary/aromatic N) is 1. The van der Waals surface area contributed by atoms with Gasteiger partial charge in [-0.05, 0) is 38.8 Å². The maximum absolute atomic E-state index is 11.8. The summed E-state index contributed by atoms with van der Waals surface area (Å²) >= 11 is 0. The Morgan fingerprint density at radius 1 is 1.35 bits per heavy atom. The molecular formula is C15H20N2O3. The van der Waals surface area contributed by atoms with Gasteiger partial charge in [0.25, 0.3) is 0 Å². The lowest BCUT2D eigenvalue weighted by atomic mass is 10.2. The van der Waals surface area contributed by atoms with Crippen molar-refractivity contribution in [3.05, 3.63) is 23.5 Å². The van der Waals surface area contributed by atoms with Gasteiger partial charge in [-0.2, -0.15) is 0 Å². The molecule has 0 radical (unpaired) electrons. The van der Waals surface area contributed by atoms with Crippen LogP contribution in [0.4, 0.5) is 0 Å². The summed E-state index contributed by atoms with van der Waals surface area (Å²) in [6.45, 7) is 7.92. The number of H-pyrrole nitrogens is 1. The van der Waals surface area contributed by atoms with Crippen molar-refractivity contribution in [2.24, 2.45) is 0 Å². The van der Waals surface area contributed by atoms with E-state index in [2.05, 4.69) is 9.97 Å². The van der Waals surface area contributed by atoms with Crippen LogP contribution < -0.4 is 4.74 Å². The van der Waals surface area contributed by atoms with E-state index in [4.69, 9.17) is 9.47 Å². The van der Waals surface area contributed by atoms with E-state index in [9.17, 15) is 4.79 Å². The Labute approximate surface area is 118 Å². The van der Waals surface area contributed by atoms with Gasteiger partial charge >= 0.3 is 5.97 Å². The molecule has 1 unspecified atom stereocenters. The van der Waals surface area contributed by atoms with Crippen molar-refractivity contribution in [2.75, 3.05) is 6.61 Å². The highest BCUT2D eigenvalue weighted by atomic mass is 16.6. The minimum absolute atomic E-state index is 0.325. The van der Waals surface area contributed by atoms with Crippen molar-refractivity contribution in [3.63, 3.8) is 0 Å². The quantitative estimate of drug-likeness (QED) is 0.853. The highest BCUT2D eigenvalue weighted by Crippen LogP contribution is 2.24. The zero-order valence-electron chi connectivity index (χ0n) is 12.3. The number of carbonyl (C=O) groups is 1. The van der Waals surface area contributed by atoms with Gasteiger partial charge in [0.2, 0.25) is 0 Å². The second kappa shape index (κ2) is 5.94. The molecule has 0 aliphatic heterocycles. The van der Waals surface area contributed by atoms with Crippen LogP contribution in [0.5, 0.6) is 5.75 Å². The Morgan fingerprint density at radius 3 is 2.75 bits per heavy atom. The molecule has 0 spiro atoms. The lowest BCUT2D eigenvalue weighted by Crippen LogP contribution is -2.28. The van der Waals surface area contributed by atoms with Crippen LogP contribution in [0.1, 0.15) is 31.7 Å². The van der Waals surface area contributed by atoms with Crippen LogP contribution in [0.3, 0.4) is 0 Å². The van der Waals surface area contributed by atoms with Gasteiger partial charge in [-0.15, -0.1) is 0 Å². The second-order valence-electron chi connectivity index (χ2n) is 4.73.